The summed E-state index contributed by atoms with van der Waals surface area (Å²) in [7, 11) is 0. The van der Waals surface area contributed by atoms with Gasteiger partial charge in [0.05, 0.1) is 11.6 Å². The summed E-state index contributed by atoms with van der Waals surface area (Å²) >= 11 is 2.19. The highest BCUT2D eigenvalue weighted by molar-refractivity contribution is 14.1. The van der Waals surface area contributed by atoms with Crippen LogP contribution in [-0.4, -0.2) is 67.3 Å². The number of aryl methyl sites for hydroxylation is 3. The molecule has 4 rings (SSSR count). The largest absolute Gasteiger partial charge is 0.454 e. The predicted molar refractivity (Wildman–Crippen MR) is 238 cm³/mol. The molecule has 0 heterocycles. The molecule has 0 bridgehead atoms. The van der Waals surface area contributed by atoms with Gasteiger partial charge in [-0.15, -0.1) is 0 Å². The van der Waals surface area contributed by atoms with Gasteiger partial charge in [0, 0.05) is 35.1 Å². The zero-order valence-corrected chi connectivity index (χ0v) is 36.7. The molecule has 0 spiro atoms. The maximum Gasteiger partial charge on any atom is 0.408 e. The van der Waals surface area contributed by atoms with Crippen molar-refractivity contribution in [1.29, 1.82) is 0 Å². The Bertz CT molecular complexity index is 2020. The highest BCUT2D eigenvalue weighted by atomic mass is 123. The molecule has 4 aromatic carbocycles. The van der Waals surface area contributed by atoms with E-state index in [0.29, 0.717) is 49.9 Å². The van der Waals surface area contributed by atoms with Crippen LogP contribution in [0.15, 0.2) is 97.1 Å². The average Bonchev–Trinajstić information content (AvgIpc) is 3.23. The van der Waals surface area contributed by atoms with Crippen molar-refractivity contribution in [3.05, 3.63) is 140 Å². The fourth-order valence-electron chi connectivity index (χ4n) is 6.65. The number of amides is 4. The fourth-order valence-corrected chi connectivity index (χ4v) is 7.01. The molecule has 0 unspecified atom stereocenters. The number of nitrogens with one attached hydrogen (secondary N) is 4. The van der Waals surface area contributed by atoms with E-state index in [0.717, 1.165) is 44.2 Å². The van der Waals surface area contributed by atoms with Crippen molar-refractivity contribution in [2.75, 3.05) is 19.7 Å². The van der Waals surface area contributed by atoms with Crippen molar-refractivity contribution < 1.29 is 38.2 Å². The molecule has 2 atom stereocenters. The Morgan fingerprint density at radius 3 is 1.93 bits per heavy atom. The summed E-state index contributed by atoms with van der Waals surface area (Å²) in [4.78, 5) is 78.5. The first-order valence-electron chi connectivity index (χ1n) is 20.3. The number of ether oxygens (including phenoxy) is 2. The number of ketones is 1. The Hall–Kier alpha value is -5.57. The molecule has 0 saturated carbocycles. The number of Topliss-reactive ketones (excluding diaryl/α,β-unsaturated/α-hetero) is 1. The summed E-state index contributed by atoms with van der Waals surface area (Å²) in [6.07, 6.45) is 3.06. The third kappa shape index (κ3) is 16.6. The molecule has 12 nitrogen and oxygen atoms in total. The molecule has 0 aliphatic carbocycles. The number of carbonyl (C=O) groups is 6. The minimum absolute atomic E-state index is 0.00372. The third-order valence-corrected chi connectivity index (χ3v) is 10.5. The van der Waals surface area contributed by atoms with Crippen molar-refractivity contribution in [3.8, 4) is 0 Å². The number of rotatable bonds is 23. The lowest BCUT2D eigenvalue weighted by atomic mass is 10.00. The van der Waals surface area contributed by atoms with Crippen LogP contribution in [0.2, 0.25) is 0 Å². The van der Waals surface area contributed by atoms with Gasteiger partial charge in [-0.1, -0.05) is 84.8 Å². The summed E-state index contributed by atoms with van der Waals surface area (Å²) < 4.78 is 12.0. The van der Waals surface area contributed by atoms with Crippen LogP contribution < -0.4 is 21.3 Å². The summed E-state index contributed by atoms with van der Waals surface area (Å²) in [5.74, 6) is -1.97. The Balaban J connectivity index is 1.30. The van der Waals surface area contributed by atoms with Crippen LogP contribution >= 0.6 is 22.6 Å². The van der Waals surface area contributed by atoms with Gasteiger partial charge in [-0.05, 0) is 122 Å². The molecular weight excluding hydrogens is 871 g/mol. The van der Waals surface area contributed by atoms with Crippen LogP contribution in [0.25, 0.3) is 0 Å². The second kappa shape index (κ2) is 25.1. The number of hydrogen-bond donors (Lipinski definition) is 4. The molecule has 0 aliphatic rings. The van der Waals surface area contributed by atoms with Gasteiger partial charge in [0.25, 0.3) is 5.91 Å². The van der Waals surface area contributed by atoms with Crippen molar-refractivity contribution in [2.45, 2.75) is 90.8 Å². The molecule has 60 heavy (non-hydrogen) atoms. The van der Waals surface area contributed by atoms with Gasteiger partial charge in [-0.25, -0.2) is 9.59 Å². The first-order valence-corrected chi connectivity index (χ1v) is 21.4. The van der Waals surface area contributed by atoms with Crippen molar-refractivity contribution in [1.82, 2.24) is 21.3 Å². The summed E-state index contributed by atoms with van der Waals surface area (Å²) in [6.45, 7) is 5.86. The van der Waals surface area contributed by atoms with Gasteiger partial charge in [0.1, 0.15) is 12.6 Å². The van der Waals surface area contributed by atoms with E-state index in [1.54, 1.807) is 26.0 Å². The van der Waals surface area contributed by atoms with Crippen molar-refractivity contribution >= 4 is 58.2 Å². The first kappa shape index (κ1) is 47.1. The van der Waals surface area contributed by atoms with Crippen LogP contribution in [0.5, 0.6) is 0 Å². The lowest BCUT2D eigenvalue weighted by Crippen LogP contribution is -2.53. The fraction of sp³-hybridized carbons (Fsp3) is 0.362. The molecule has 0 aliphatic heterocycles. The van der Waals surface area contributed by atoms with E-state index in [9.17, 15) is 28.8 Å². The predicted octanol–water partition coefficient (Wildman–Crippen LogP) is 7.24. The van der Waals surface area contributed by atoms with Gasteiger partial charge in [-0.3, -0.25) is 19.2 Å². The van der Waals surface area contributed by atoms with Crippen molar-refractivity contribution in [3.63, 3.8) is 0 Å². The van der Waals surface area contributed by atoms with E-state index in [1.165, 1.54) is 0 Å². The van der Waals surface area contributed by atoms with Crippen LogP contribution in [0.4, 0.5) is 4.79 Å². The van der Waals surface area contributed by atoms with E-state index in [4.69, 9.17) is 9.47 Å². The van der Waals surface area contributed by atoms with Crippen LogP contribution in [0.3, 0.4) is 0 Å². The van der Waals surface area contributed by atoms with Gasteiger partial charge < -0.3 is 30.7 Å². The smallest absolute Gasteiger partial charge is 0.408 e. The average molecular weight is 927 g/mol. The summed E-state index contributed by atoms with van der Waals surface area (Å²) in [5.41, 5.74) is 5.01. The maximum atomic E-state index is 13.9. The normalized spacial score (nSPS) is 11.7. The van der Waals surface area contributed by atoms with Gasteiger partial charge >= 0.3 is 12.1 Å². The molecule has 0 radical (unpaired) electrons. The van der Waals surface area contributed by atoms with E-state index in [2.05, 4.69) is 43.9 Å². The van der Waals surface area contributed by atoms with E-state index in [1.807, 2.05) is 91.9 Å². The number of alkyl carbamates (subject to hydrolysis) is 1. The number of hydrogen-bond acceptors (Lipinski definition) is 8. The molecule has 0 saturated heterocycles. The molecule has 318 valence electrons. The third-order valence-electron chi connectivity index (χ3n) is 9.75. The van der Waals surface area contributed by atoms with Crippen LogP contribution in [0.1, 0.15) is 93.5 Å². The van der Waals surface area contributed by atoms with E-state index >= 15 is 0 Å². The monoisotopic (exact) mass is 926 g/mol. The Morgan fingerprint density at radius 1 is 0.650 bits per heavy atom. The standard InChI is InChI=1S/C47H55IN4O8/c1-32-27-33(2)43(34(3)28-32)46(57)59-31-41(53)39(19-12-14-25-49-42(54)20-11-6-13-26-50-44(55)37-21-23-38(48)24-22-37)51-45(56)40(29-35-15-7-4-8-16-35)52-47(58)60-30-36-17-9-5-10-18-36/h4-5,7-10,15-18,21-24,27-28,39-40H,6,11-14,19-20,25-26,29-31H2,1-3H3,(H,49,54)(H,50,55)(H,51,56)(H,52,58)/t39-,40-/m0/s1/i48-4. The molecule has 13 heteroatoms. The van der Waals surface area contributed by atoms with Crippen molar-refractivity contribution in [2.24, 2.45) is 0 Å². The zero-order chi connectivity index (χ0) is 43.3. The molecule has 0 aromatic heterocycles. The number of esters is 1. The highest BCUT2D eigenvalue weighted by Gasteiger charge is 2.28. The first-order chi connectivity index (χ1) is 28.9. The summed E-state index contributed by atoms with van der Waals surface area (Å²) in [6, 6.07) is 27.2. The quantitative estimate of drug-likeness (QED) is 0.0343. The number of benzene rings is 4. The van der Waals surface area contributed by atoms with Crippen LogP contribution in [-0.2, 0) is 36.9 Å². The minimum atomic E-state index is -1.09. The Labute approximate surface area is 366 Å². The number of carbonyl (C=O) groups excluding carboxylic acids is 6. The topological polar surface area (TPSA) is 169 Å². The Kier molecular flexibility index (Phi) is 19.7. The molecule has 0 fully saturated rings. The van der Waals surface area contributed by atoms with Gasteiger partial charge in [0.2, 0.25) is 11.8 Å². The van der Waals surface area contributed by atoms with E-state index < -0.39 is 42.4 Å². The SMILES string of the molecule is Cc1cc(C)c(C(=O)OCC(=O)[C@H](CCCCNC(=O)CCCCCNC(=O)c2ccc([123I])cc2)NC(=O)[C@H](Cc2ccccc2)NC(=O)OCc2ccccc2)c(C)c1. The number of halogens is 1. The zero-order valence-electron chi connectivity index (χ0n) is 34.5. The molecule has 4 amide bonds. The summed E-state index contributed by atoms with van der Waals surface area (Å²) in [5, 5.41) is 11.3. The lowest BCUT2D eigenvalue weighted by Gasteiger charge is -2.23. The maximum absolute atomic E-state index is 13.9. The van der Waals surface area contributed by atoms with E-state index in [-0.39, 0.29) is 31.3 Å². The highest BCUT2D eigenvalue weighted by Crippen LogP contribution is 2.18. The van der Waals surface area contributed by atoms with Gasteiger partial charge in [0.15, 0.2) is 12.4 Å². The molecule has 4 N–H and O–H groups in total. The lowest BCUT2D eigenvalue weighted by molar-refractivity contribution is -0.130. The number of unbranched alkanes of at least 4 members (excludes halogenated alkanes) is 3. The molecule has 4 aromatic rings. The Morgan fingerprint density at radius 2 is 1.27 bits per heavy atom. The molecular formula is C47H55IN4O8. The van der Waals surface area contributed by atoms with Gasteiger partial charge in [-0.2, -0.15) is 0 Å². The van der Waals surface area contributed by atoms with Crippen LogP contribution in [0, 0.1) is 24.3 Å². The minimum Gasteiger partial charge on any atom is -0.454 e. The second-order valence-electron chi connectivity index (χ2n) is 14.7. The second-order valence-corrected chi connectivity index (χ2v) is 16.0.